The van der Waals surface area contributed by atoms with Gasteiger partial charge in [-0.3, -0.25) is 9.69 Å². The van der Waals surface area contributed by atoms with Crippen molar-refractivity contribution in [1.29, 1.82) is 0 Å². The van der Waals surface area contributed by atoms with Gasteiger partial charge < -0.3 is 19.1 Å². The standard InChI is InChI=1S/C28H39N3O5/c1-17(15-19-11-13-36-14-12-19)26-29-25-22-8-7-18(2)30(28(34)35-3)23(22)9-10-24(25)31(26)21-6-4-5-20(16-21)27(32)33/h9-10,17-21H,4-8,11-16H2,1-3H3,(H,32,33)/t17?,18-,20?,21?/m0/s1. The third-order valence-electron chi connectivity index (χ3n) is 8.68. The third-order valence-corrected chi connectivity index (χ3v) is 8.68. The Kier molecular flexibility index (Phi) is 7.24. The van der Waals surface area contributed by atoms with E-state index in [0.29, 0.717) is 12.3 Å². The number of rotatable bonds is 5. The fourth-order valence-corrected chi connectivity index (χ4v) is 6.73. The molecule has 1 aliphatic carbocycles. The van der Waals surface area contributed by atoms with Gasteiger partial charge in [-0.15, -0.1) is 0 Å². The first kappa shape index (κ1) is 25.1. The van der Waals surface area contributed by atoms with E-state index in [9.17, 15) is 14.7 Å². The molecule has 1 aromatic heterocycles. The Hall–Kier alpha value is -2.61. The fraction of sp³-hybridized carbons (Fsp3) is 0.679. The molecule has 8 nitrogen and oxygen atoms in total. The second-order valence-corrected chi connectivity index (χ2v) is 11.0. The van der Waals surface area contributed by atoms with Crippen molar-refractivity contribution < 1.29 is 24.2 Å². The van der Waals surface area contributed by atoms with Gasteiger partial charge in [-0.25, -0.2) is 9.78 Å². The summed E-state index contributed by atoms with van der Waals surface area (Å²) in [5.74, 6) is 0.920. The fourth-order valence-electron chi connectivity index (χ4n) is 6.73. The van der Waals surface area contributed by atoms with E-state index in [4.69, 9.17) is 14.5 Å². The zero-order valence-electron chi connectivity index (χ0n) is 21.7. The van der Waals surface area contributed by atoms with Crippen molar-refractivity contribution in [3.8, 4) is 0 Å². The number of fused-ring (bicyclic) bond motifs is 3. The minimum absolute atomic E-state index is 0.0612. The number of hydrogen-bond acceptors (Lipinski definition) is 5. The van der Waals surface area contributed by atoms with E-state index in [1.807, 2.05) is 6.07 Å². The highest BCUT2D eigenvalue weighted by Crippen LogP contribution is 2.42. The number of hydrogen-bond donors (Lipinski definition) is 1. The lowest BCUT2D eigenvalue weighted by molar-refractivity contribution is -0.143. The highest BCUT2D eigenvalue weighted by molar-refractivity contribution is 5.95. The molecule has 0 radical (unpaired) electrons. The van der Waals surface area contributed by atoms with Crippen LogP contribution in [0.15, 0.2) is 12.1 Å². The number of carboxylic acid groups (broad SMARTS) is 1. The monoisotopic (exact) mass is 497 g/mol. The zero-order valence-corrected chi connectivity index (χ0v) is 21.7. The van der Waals surface area contributed by atoms with Crippen molar-refractivity contribution in [2.45, 2.75) is 89.6 Å². The van der Waals surface area contributed by atoms with Gasteiger partial charge in [-0.2, -0.15) is 0 Å². The Balaban J connectivity index is 1.60. The lowest BCUT2D eigenvalue weighted by Gasteiger charge is -2.34. The maximum Gasteiger partial charge on any atom is 0.414 e. The number of nitrogens with zero attached hydrogens (tertiary/aromatic N) is 3. The van der Waals surface area contributed by atoms with E-state index < -0.39 is 5.97 Å². The van der Waals surface area contributed by atoms with Gasteiger partial charge in [0.2, 0.25) is 0 Å². The van der Waals surface area contributed by atoms with Crippen LogP contribution in [-0.4, -0.2) is 53.1 Å². The normalized spacial score (nSPS) is 26.0. The van der Waals surface area contributed by atoms with Gasteiger partial charge in [0.25, 0.3) is 0 Å². The maximum absolute atomic E-state index is 12.6. The summed E-state index contributed by atoms with van der Waals surface area (Å²) in [6.07, 6.45) is 7.84. The molecule has 2 aromatic rings. The van der Waals surface area contributed by atoms with Crippen molar-refractivity contribution in [3.05, 3.63) is 23.5 Å². The molecule has 8 heteroatoms. The quantitative estimate of drug-likeness (QED) is 0.571. The topological polar surface area (TPSA) is 93.9 Å². The summed E-state index contributed by atoms with van der Waals surface area (Å²) in [6, 6.07) is 4.30. The van der Waals surface area contributed by atoms with Gasteiger partial charge in [0.15, 0.2) is 0 Å². The van der Waals surface area contributed by atoms with E-state index in [0.717, 1.165) is 92.7 Å². The number of amides is 1. The van der Waals surface area contributed by atoms with Crippen LogP contribution in [0.4, 0.5) is 10.5 Å². The smallest absolute Gasteiger partial charge is 0.414 e. The summed E-state index contributed by atoms with van der Waals surface area (Å²) < 4.78 is 13.1. The Bertz CT molecular complexity index is 1120. The number of benzene rings is 1. The van der Waals surface area contributed by atoms with E-state index >= 15 is 0 Å². The van der Waals surface area contributed by atoms with Crippen molar-refractivity contribution >= 4 is 28.8 Å². The second-order valence-electron chi connectivity index (χ2n) is 11.0. The van der Waals surface area contributed by atoms with Crippen LogP contribution < -0.4 is 4.90 Å². The predicted molar refractivity (Wildman–Crippen MR) is 138 cm³/mol. The van der Waals surface area contributed by atoms with Gasteiger partial charge >= 0.3 is 12.1 Å². The number of aryl methyl sites for hydroxylation is 1. The first-order chi connectivity index (χ1) is 17.4. The van der Waals surface area contributed by atoms with Gasteiger partial charge in [-0.05, 0) is 76.3 Å². The molecule has 1 saturated heterocycles. The predicted octanol–water partition coefficient (Wildman–Crippen LogP) is 5.68. The maximum atomic E-state index is 12.6. The van der Waals surface area contributed by atoms with E-state index in [-0.39, 0.29) is 30.0 Å². The highest BCUT2D eigenvalue weighted by Gasteiger charge is 2.35. The van der Waals surface area contributed by atoms with Crippen molar-refractivity contribution in [2.24, 2.45) is 11.8 Å². The van der Waals surface area contributed by atoms with Gasteiger partial charge in [0, 0.05) is 36.8 Å². The van der Waals surface area contributed by atoms with Crippen molar-refractivity contribution in [1.82, 2.24) is 9.55 Å². The van der Waals surface area contributed by atoms with Crippen LogP contribution in [0, 0.1) is 11.8 Å². The Labute approximate surface area is 213 Å². The zero-order chi connectivity index (χ0) is 25.4. The minimum atomic E-state index is -0.694. The van der Waals surface area contributed by atoms with E-state index in [2.05, 4.69) is 24.5 Å². The highest BCUT2D eigenvalue weighted by atomic mass is 16.5. The van der Waals surface area contributed by atoms with Gasteiger partial charge in [0.1, 0.15) is 5.82 Å². The number of imidazole rings is 1. The summed E-state index contributed by atoms with van der Waals surface area (Å²) in [7, 11) is 1.43. The summed E-state index contributed by atoms with van der Waals surface area (Å²) in [5, 5.41) is 9.76. The van der Waals surface area contributed by atoms with Gasteiger partial charge in [-0.1, -0.05) is 13.3 Å². The number of aromatic nitrogens is 2. The molecule has 0 spiro atoms. The SMILES string of the molecule is COC(=O)N1c2ccc3c(nc(C(C)CC4CCOCC4)n3C3CCCC(C(=O)O)C3)c2CC[C@@H]1C. The Morgan fingerprint density at radius 2 is 1.97 bits per heavy atom. The molecule has 3 unspecified atom stereocenters. The van der Waals surface area contributed by atoms with Crippen LogP contribution in [0.25, 0.3) is 11.0 Å². The molecule has 3 aliphatic rings. The summed E-state index contributed by atoms with van der Waals surface area (Å²) in [5.41, 5.74) is 4.01. The largest absolute Gasteiger partial charge is 0.481 e. The molecule has 0 bridgehead atoms. The molecule has 2 fully saturated rings. The third kappa shape index (κ3) is 4.60. The summed E-state index contributed by atoms with van der Waals surface area (Å²) in [6.45, 7) is 5.97. The summed E-state index contributed by atoms with van der Waals surface area (Å²) >= 11 is 0. The Morgan fingerprint density at radius 3 is 2.69 bits per heavy atom. The molecule has 1 saturated carbocycles. The number of carbonyl (C=O) groups is 2. The van der Waals surface area contributed by atoms with Crippen molar-refractivity contribution in [2.75, 3.05) is 25.2 Å². The van der Waals surface area contributed by atoms with Crippen LogP contribution in [0.5, 0.6) is 0 Å². The molecule has 1 amide bonds. The molecule has 3 heterocycles. The molecule has 1 N–H and O–H groups in total. The van der Waals surface area contributed by atoms with Gasteiger partial charge in [0.05, 0.1) is 29.7 Å². The number of ether oxygens (including phenoxy) is 2. The average molecular weight is 498 g/mol. The summed E-state index contributed by atoms with van der Waals surface area (Å²) in [4.78, 5) is 31.6. The van der Waals surface area contributed by atoms with Crippen LogP contribution in [0.3, 0.4) is 0 Å². The second kappa shape index (κ2) is 10.4. The lowest BCUT2D eigenvalue weighted by Crippen LogP contribution is -2.42. The number of aliphatic carboxylic acids is 1. The molecule has 5 rings (SSSR count). The molecular weight excluding hydrogens is 458 g/mol. The van der Waals surface area contributed by atoms with E-state index in [1.165, 1.54) is 7.11 Å². The van der Waals surface area contributed by atoms with E-state index in [1.54, 1.807) is 4.90 Å². The first-order valence-corrected chi connectivity index (χ1v) is 13.6. The van der Waals surface area contributed by atoms with Crippen LogP contribution >= 0.6 is 0 Å². The number of methoxy groups -OCH3 is 1. The first-order valence-electron chi connectivity index (χ1n) is 13.6. The molecule has 2 aliphatic heterocycles. The molecule has 196 valence electrons. The molecule has 1 aromatic carbocycles. The number of anilines is 1. The van der Waals surface area contributed by atoms with Crippen LogP contribution in [0.1, 0.15) is 88.6 Å². The number of carbonyl (C=O) groups excluding carboxylic acids is 1. The lowest BCUT2D eigenvalue weighted by atomic mass is 9.84. The van der Waals surface area contributed by atoms with Crippen LogP contribution in [-0.2, 0) is 20.7 Å². The minimum Gasteiger partial charge on any atom is -0.481 e. The molecule has 36 heavy (non-hydrogen) atoms. The average Bonchev–Trinajstić information content (AvgIpc) is 3.29. The molecular formula is C28H39N3O5. The Morgan fingerprint density at radius 1 is 1.19 bits per heavy atom. The number of carboxylic acids is 1. The van der Waals surface area contributed by atoms with Crippen molar-refractivity contribution in [3.63, 3.8) is 0 Å². The van der Waals surface area contributed by atoms with Crippen LogP contribution in [0.2, 0.25) is 0 Å². The molecule has 4 atom stereocenters.